The first kappa shape index (κ1) is 20.2. The Morgan fingerprint density at radius 3 is 2.43 bits per heavy atom. The van der Waals surface area contributed by atoms with Crippen molar-refractivity contribution in [2.24, 2.45) is 4.99 Å². The van der Waals surface area contributed by atoms with E-state index in [1.807, 2.05) is 6.92 Å². The van der Waals surface area contributed by atoms with Crippen molar-refractivity contribution < 1.29 is 13.5 Å². The minimum Gasteiger partial charge on any atom is -0.506 e. The molecule has 28 heavy (non-hydrogen) atoms. The van der Waals surface area contributed by atoms with E-state index in [0.717, 1.165) is 5.56 Å². The number of hydrogen-bond acceptors (Lipinski definition) is 4. The quantitative estimate of drug-likeness (QED) is 0.515. The zero-order chi connectivity index (χ0) is 20.3. The lowest BCUT2D eigenvalue weighted by Crippen LogP contribution is -2.13. The molecule has 3 aromatic rings. The van der Waals surface area contributed by atoms with Crippen molar-refractivity contribution in [3.63, 3.8) is 0 Å². The molecule has 0 aliphatic carbocycles. The Hall–Kier alpha value is -2.54. The number of aryl methyl sites for hydroxylation is 1. The van der Waals surface area contributed by atoms with Gasteiger partial charge in [0.2, 0.25) is 0 Å². The highest BCUT2D eigenvalue weighted by molar-refractivity contribution is 7.92. The number of hydrogen-bond donors (Lipinski definition) is 2. The molecule has 0 saturated heterocycles. The van der Waals surface area contributed by atoms with Crippen molar-refractivity contribution >= 4 is 50.8 Å². The highest BCUT2D eigenvalue weighted by Crippen LogP contribution is 2.32. The predicted octanol–water partition coefficient (Wildman–Crippen LogP) is 5.56. The Morgan fingerprint density at radius 1 is 1.04 bits per heavy atom. The Kier molecular flexibility index (Phi) is 5.93. The van der Waals surface area contributed by atoms with Gasteiger partial charge in [0.1, 0.15) is 5.75 Å². The van der Waals surface area contributed by atoms with Crippen LogP contribution >= 0.6 is 23.2 Å². The second kappa shape index (κ2) is 8.22. The maximum Gasteiger partial charge on any atom is 0.261 e. The van der Waals surface area contributed by atoms with E-state index in [4.69, 9.17) is 23.2 Å². The molecule has 0 heterocycles. The van der Waals surface area contributed by atoms with Crippen LogP contribution in [0.4, 0.5) is 11.4 Å². The van der Waals surface area contributed by atoms with Crippen molar-refractivity contribution in [3.05, 3.63) is 81.8 Å². The Bertz CT molecular complexity index is 1140. The average molecular weight is 435 g/mol. The number of nitrogens with one attached hydrogen (secondary N) is 1. The number of halogens is 2. The molecular formula is C20H16Cl2N2O3S. The van der Waals surface area contributed by atoms with Crippen LogP contribution in [0.5, 0.6) is 5.75 Å². The number of anilines is 1. The van der Waals surface area contributed by atoms with Gasteiger partial charge in [0.05, 0.1) is 21.3 Å². The van der Waals surface area contributed by atoms with Gasteiger partial charge in [0.15, 0.2) is 0 Å². The summed E-state index contributed by atoms with van der Waals surface area (Å²) in [6, 6.07) is 16.1. The van der Waals surface area contributed by atoms with Gasteiger partial charge in [-0.3, -0.25) is 9.71 Å². The molecule has 0 aliphatic heterocycles. The maximum absolute atomic E-state index is 12.6. The van der Waals surface area contributed by atoms with Crippen molar-refractivity contribution in [3.8, 4) is 5.75 Å². The molecule has 0 aliphatic rings. The highest BCUT2D eigenvalue weighted by atomic mass is 35.5. The standard InChI is InChI=1S/C20H16Cl2N2O3S/c1-13-6-8-16(9-7-13)28(26,27)24-19-5-3-2-4-18(19)23-12-14-10-15(21)11-17(22)20(14)25/h2-12,24-25H,1H3. The molecule has 0 unspecified atom stereocenters. The molecule has 8 heteroatoms. The SMILES string of the molecule is Cc1ccc(S(=O)(=O)Nc2ccccc2N=Cc2cc(Cl)cc(Cl)c2O)cc1. The summed E-state index contributed by atoms with van der Waals surface area (Å²) in [7, 11) is -3.77. The fourth-order valence-corrected chi connectivity index (χ4v) is 4.00. The molecule has 5 nitrogen and oxygen atoms in total. The van der Waals surface area contributed by atoms with Gasteiger partial charge in [0.25, 0.3) is 10.0 Å². The molecule has 0 radical (unpaired) electrons. The Balaban J connectivity index is 1.93. The summed E-state index contributed by atoms with van der Waals surface area (Å²) in [4.78, 5) is 4.43. The molecule has 0 spiro atoms. The zero-order valence-electron chi connectivity index (χ0n) is 14.7. The lowest BCUT2D eigenvalue weighted by atomic mass is 10.2. The lowest BCUT2D eigenvalue weighted by Gasteiger charge is -2.10. The number of para-hydroxylation sites is 2. The third-order valence-corrected chi connectivity index (χ3v) is 5.77. The van der Waals surface area contributed by atoms with Crippen LogP contribution < -0.4 is 4.72 Å². The monoisotopic (exact) mass is 434 g/mol. The van der Waals surface area contributed by atoms with Crippen molar-refractivity contribution in [1.82, 2.24) is 0 Å². The second-order valence-corrected chi connectivity index (χ2v) is 8.55. The number of aliphatic imine (C=N–C) groups is 1. The summed E-state index contributed by atoms with van der Waals surface area (Å²) in [5, 5.41) is 10.5. The van der Waals surface area contributed by atoms with Crippen molar-refractivity contribution in [2.45, 2.75) is 11.8 Å². The first-order chi connectivity index (χ1) is 13.3. The summed E-state index contributed by atoms with van der Waals surface area (Å²) >= 11 is 11.9. The molecule has 3 rings (SSSR count). The predicted molar refractivity (Wildman–Crippen MR) is 114 cm³/mol. The number of phenolic OH excluding ortho intramolecular Hbond substituents is 1. The molecule has 0 aromatic heterocycles. The Morgan fingerprint density at radius 2 is 1.71 bits per heavy atom. The molecule has 144 valence electrons. The van der Waals surface area contributed by atoms with Gasteiger partial charge < -0.3 is 5.11 Å². The van der Waals surface area contributed by atoms with Crippen LogP contribution in [0.1, 0.15) is 11.1 Å². The lowest BCUT2D eigenvalue weighted by molar-refractivity contribution is 0.475. The summed E-state index contributed by atoms with van der Waals surface area (Å²) in [6.07, 6.45) is 1.37. The summed E-state index contributed by atoms with van der Waals surface area (Å²) in [5.74, 6) is -0.160. The number of nitrogens with zero attached hydrogens (tertiary/aromatic N) is 1. The molecule has 0 amide bonds. The van der Waals surface area contributed by atoms with Crippen LogP contribution in [0, 0.1) is 6.92 Å². The molecule has 3 aromatic carbocycles. The minimum absolute atomic E-state index is 0.0994. The van der Waals surface area contributed by atoms with E-state index in [1.54, 1.807) is 36.4 Å². The van der Waals surface area contributed by atoms with Gasteiger partial charge in [-0.15, -0.1) is 0 Å². The van der Waals surface area contributed by atoms with E-state index in [-0.39, 0.29) is 15.7 Å². The second-order valence-electron chi connectivity index (χ2n) is 6.02. The summed E-state index contributed by atoms with van der Waals surface area (Å²) < 4.78 is 27.8. The molecule has 0 atom stereocenters. The zero-order valence-corrected chi connectivity index (χ0v) is 17.1. The smallest absolute Gasteiger partial charge is 0.261 e. The van der Waals surface area contributed by atoms with Crippen LogP contribution in [-0.2, 0) is 10.0 Å². The van der Waals surface area contributed by atoms with Crippen LogP contribution in [0.2, 0.25) is 10.0 Å². The van der Waals surface area contributed by atoms with Crippen LogP contribution in [0.25, 0.3) is 0 Å². The summed E-state index contributed by atoms with van der Waals surface area (Å²) in [5.41, 5.74) is 1.94. The van der Waals surface area contributed by atoms with Crippen LogP contribution in [-0.4, -0.2) is 19.7 Å². The van der Waals surface area contributed by atoms with E-state index < -0.39 is 10.0 Å². The van der Waals surface area contributed by atoms with Gasteiger partial charge in [-0.1, -0.05) is 53.0 Å². The average Bonchev–Trinajstić information content (AvgIpc) is 2.64. The van der Waals surface area contributed by atoms with Gasteiger partial charge in [-0.2, -0.15) is 0 Å². The topological polar surface area (TPSA) is 78.8 Å². The number of phenols is 1. The third kappa shape index (κ3) is 4.65. The van der Waals surface area contributed by atoms with Crippen LogP contribution in [0.3, 0.4) is 0 Å². The fourth-order valence-electron chi connectivity index (χ4n) is 2.42. The summed E-state index contributed by atoms with van der Waals surface area (Å²) in [6.45, 7) is 1.88. The van der Waals surface area contributed by atoms with E-state index >= 15 is 0 Å². The molecule has 0 bridgehead atoms. The largest absolute Gasteiger partial charge is 0.506 e. The van der Waals surface area contributed by atoms with Crippen LogP contribution in [0.15, 0.2) is 70.6 Å². The van der Waals surface area contributed by atoms with E-state index in [2.05, 4.69) is 9.71 Å². The molecular weight excluding hydrogens is 419 g/mol. The van der Waals surface area contributed by atoms with E-state index in [9.17, 15) is 13.5 Å². The van der Waals surface area contributed by atoms with Gasteiger partial charge in [0, 0.05) is 16.8 Å². The first-order valence-corrected chi connectivity index (χ1v) is 10.4. The number of sulfonamides is 1. The maximum atomic E-state index is 12.6. The highest BCUT2D eigenvalue weighted by Gasteiger charge is 2.15. The van der Waals surface area contributed by atoms with E-state index in [1.165, 1.54) is 30.5 Å². The van der Waals surface area contributed by atoms with Crippen molar-refractivity contribution in [1.29, 1.82) is 0 Å². The van der Waals surface area contributed by atoms with Gasteiger partial charge >= 0.3 is 0 Å². The molecule has 0 fully saturated rings. The van der Waals surface area contributed by atoms with Gasteiger partial charge in [-0.05, 0) is 43.3 Å². The molecule has 0 saturated carbocycles. The number of aromatic hydroxyl groups is 1. The number of rotatable bonds is 5. The fraction of sp³-hybridized carbons (Fsp3) is 0.0500. The first-order valence-electron chi connectivity index (χ1n) is 8.17. The van der Waals surface area contributed by atoms with Gasteiger partial charge in [-0.25, -0.2) is 8.42 Å². The minimum atomic E-state index is -3.77. The van der Waals surface area contributed by atoms with Crippen molar-refractivity contribution in [2.75, 3.05) is 4.72 Å². The normalized spacial score (nSPS) is 11.7. The van der Waals surface area contributed by atoms with E-state index in [0.29, 0.717) is 22.0 Å². The third-order valence-electron chi connectivity index (χ3n) is 3.88. The molecule has 2 N–H and O–H groups in total. The number of benzene rings is 3. The Labute approximate surface area is 173 Å².